The van der Waals surface area contributed by atoms with Gasteiger partial charge in [-0.05, 0) is 30.7 Å². The van der Waals surface area contributed by atoms with Gasteiger partial charge >= 0.3 is 0 Å². The van der Waals surface area contributed by atoms with Crippen molar-refractivity contribution in [2.45, 2.75) is 6.92 Å². The molecule has 0 spiro atoms. The zero-order chi connectivity index (χ0) is 15.5. The van der Waals surface area contributed by atoms with Crippen molar-refractivity contribution in [1.82, 2.24) is 0 Å². The molecule has 1 aliphatic heterocycles. The predicted octanol–water partition coefficient (Wildman–Crippen LogP) is 3.51. The third kappa shape index (κ3) is 2.45. The minimum atomic E-state index is -0.145. The quantitative estimate of drug-likeness (QED) is 0.812. The fourth-order valence-corrected chi connectivity index (χ4v) is 2.34. The Labute approximate surface area is 128 Å². The van der Waals surface area contributed by atoms with Crippen molar-refractivity contribution in [3.05, 3.63) is 64.9 Å². The van der Waals surface area contributed by atoms with Gasteiger partial charge in [-0.25, -0.2) is 0 Å². The van der Waals surface area contributed by atoms with Gasteiger partial charge in [-0.3, -0.25) is 4.79 Å². The number of rotatable bonds is 3. The molecule has 3 rings (SSSR count). The third-order valence-corrected chi connectivity index (χ3v) is 3.43. The maximum absolute atomic E-state index is 12.4. The minimum Gasteiger partial charge on any atom is -0.478 e. The normalized spacial score (nSPS) is 14.4. The Hall–Kier alpha value is -3.06. The SMILES string of the molecule is Cc1c(OCC#N)ccc2c1O/C(=C\c1ccccc1)C2=O. The summed E-state index contributed by atoms with van der Waals surface area (Å²) in [4.78, 5) is 12.4. The number of ether oxygens (including phenoxy) is 2. The number of benzene rings is 2. The Morgan fingerprint density at radius 1 is 1.23 bits per heavy atom. The largest absolute Gasteiger partial charge is 0.478 e. The number of Topliss-reactive ketones (excluding diaryl/α,β-unsaturated/α-hetero) is 1. The standard InChI is InChI=1S/C18H13NO3/c1-12-15(21-10-9-19)8-7-14-17(20)16(22-18(12)14)11-13-5-3-2-4-6-13/h2-8,11H,10H2,1H3/b16-11-. The van der Waals surface area contributed by atoms with Crippen LogP contribution in [0.2, 0.25) is 0 Å². The molecule has 0 unspecified atom stereocenters. The highest BCUT2D eigenvalue weighted by Gasteiger charge is 2.30. The van der Waals surface area contributed by atoms with E-state index in [0.29, 0.717) is 22.8 Å². The van der Waals surface area contributed by atoms with E-state index in [1.165, 1.54) is 0 Å². The van der Waals surface area contributed by atoms with E-state index in [2.05, 4.69) is 0 Å². The number of nitrogens with zero attached hydrogens (tertiary/aromatic N) is 1. The molecule has 0 aromatic heterocycles. The lowest BCUT2D eigenvalue weighted by Crippen LogP contribution is -1.98. The van der Waals surface area contributed by atoms with E-state index in [0.717, 1.165) is 11.1 Å². The predicted molar refractivity (Wildman–Crippen MR) is 81.7 cm³/mol. The van der Waals surface area contributed by atoms with Gasteiger partial charge in [0.15, 0.2) is 12.4 Å². The maximum atomic E-state index is 12.4. The lowest BCUT2D eigenvalue weighted by molar-refractivity contribution is 0.101. The average molecular weight is 291 g/mol. The Morgan fingerprint density at radius 2 is 2.00 bits per heavy atom. The van der Waals surface area contributed by atoms with Crippen molar-refractivity contribution in [2.24, 2.45) is 0 Å². The van der Waals surface area contributed by atoms with Crippen molar-refractivity contribution in [1.29, 1.82) is 5.26 Å². The van der Waals surface area contributed by atoms with Gasteiger partial charge in [0, 0.05) is 5.56 Å². The van der Waals surface area contributed by atoms with E-state index in [4.69, 9.17) is 14.7 Å². The summed E-state index contributed by atoms with van der Waals surface area (Å²) in [6.45, 7) is 1.77. The van der Waals surface area contributed by atoms with Gasteiger partial charge in [-0.1, -0.05) is 30.3 Å². The molecule has 4 heteroatoms. The molecule has 1 heterocycles. The van der Waals surface area contributed by atoms with Crippen LogP contribution in [-0.4, -0.2) is 12.4 Å². The first-order chi connectivity index (χ1) is 10.7. The molecule has 0 bridgehead atoms. The molecule has 4 nitrogen and oxygen atoms in total. The molecule has 0 saturated heterocycles. The van der Waals surface area contributed by atoms with E-state index in [1.807, 2.05) is 43.3 Å². The molecule has 2 aromatic carbocycles. The molecule has 0 fully saturated rings. The molecule has 0 N–H and O–H groups in total. The summed E-state index contributed by atoms with van der Waals surface area (Å²) < 4.78 is 11.1. The van der Waals surface area contributed by atoms with E-state index in [-0.39, 0.29) is 12.4 Å². The second-order valence-electron chi connectivity index (χ2n) is 4.86. The van der Waals surface area contributed by atoms with Gasteiger partial charge in [0.05, 0.1) is 5.56 Å². The molecule has 108 valence electrons. The highest BCUT2D eigenvalue weighted by atomic mass is 16.5. The van der Waals surface area contributed by atoms with Gasteiger partial charge in [0.2, 0.25) is 5.78 Å². The second-order valence-corrected chi connectivity index (χ2v) is 4.86. The van der Waals surface area contributed by atoms with Crippen molar-refractivity contribution >= 4 is 11.9 Å². The minimum absolute atomic E-state index is 0.0414. The zero-order valence-electron chi connectivity index (χ0n) is 12.0. The van der Waals surface area contributed by atoms with Crippen LogP contribution >= 0.6 is 0 Å². The Morgan fingerprint density at radius 3 is 2.73 bits per heavy atom. The fraction of sp³-hybridized carbons (Fsp3) is 0.111. The molecule has 22 heavy (non-hydrogen) atoms. The van der Waals surface area contributed by atoms with Crippen LogP contribution in [0, 0.1) is 18.3 Å². The lowest BCUT2D eigenvalue weighted by atomic mass is 10.1. The van der Waals surface area contributed by atoms with Crippen LogP contribution < -0.4 is 9.47 Å². The molecule has 1 aliphatic rings. The van der Waals surface area contributed by atoms with Crippen molar-refractivity contribution in [3.63, 3.8) is 0 Å². The third-order valence-electron chi connectivity index (χ3n) is 3.43. The summed E-state index contributed by atoms with van der Waals surface area (Å²) in [5.41, 5.74) is 2.14. The number of carbonyl (C=O) groups is 1. The number of ketones is 1. The maximum Gasteiger partial charge on any atom is 0.231 e. The summed E-state index contributed by atoms with van der Waals surface area (Å²) in [5, 5.41) is 8.59. The van der Waals surface area contributed by atoms with Crippen molar-refractivity contribution < 1.29 is 14.3 Å². The number of carbonyl (C=O) groups excluding carboxylic acids is 1. The lowest BCUT2D eigenvalue weighted by Gasteiger charge is -2.08. The zero-order valence-corrected chi connectivity index (χ0v) is 12.0. The van der Waals surface area contributed by atoms with Gasteiger partial charge in [0.1, 0.15) is 17.6 Å². The first-order valence-corrected chi connectivity index (χ1v) is 6.83. The number of nitriles is 1. The summed E-state index contributed by atoms with van der Waals surface area (Å²) in [6.07, 6.45) is 1.72. The first-order valence-electron chi connectivity index (χ1n) is 6.83. The Balaban J connectivity index is 1.96. The molecule has 0 atom stereocenters. The summed E-state index contributed by atoms with van der Waals surface area (Å²) in [6, 6.07) is 14.8. The van der Waals surface area contributed by atoms with Crippen LogP contribution in [0.5, 0.6) is 11.5 Å². The average Bonchev–Trinajstić information content (AvgIpc) is 2.85. The topological polar surface area (TPSA) is 59.3 Å². The smallest absolute Gasteiger partial charge is 0.231 e. The molecule has 0 radical (unpaired) electrons. The summed E-state index contributed by atoms with van der Waals surface area (Å²) in [7, 11) is 0. The summed E-state index contributed by atoms with van der Waals surface area (Å²) >= 11 is 0. The van der Waals surface area contributed by atoms with E-state index in [1.54, 1.807) is 18.2 Å². The number of hydrogen-bond donors (Lipinski definition) is 0. The van der Waals surface area contributed by atoms with Gasteiger partial charge < -0.3 is 9.47 Å². The van der Waals surface area contributed by atoms with E-state index in [9.17, 15) is 4.79 Å². The summed E-state index contributed by atoms with van der Waals surface area (Å²) in [5.74, 6) is 1.20. The molecular formula is C18H13NO3. The van der Waals surface area contributed by atoms with Crippen LogP contribution in [0.25, 0.3) is 6.08 Å². The Bertz CT molecular complexity index is 801. The van der Waals surface area contributed by atoms with Crippen LogP contribution in [0.3, 0.4) is 0 Å². The number of allylic oxidation sites excluding steroid dienone is 1. The van der Waals surface area contributed by atoms with E-state index < -0.39 is 0 Å². The van der Waals surface area contributed by atoms with Gasteiger partial charge in [-0.2, -0.15) is 5.26 Å². The fourth-order valence-electron chi connectivity index (χ4n) is 2.34. The molecular weight excluding hydrogens is 278 g/mol. The van der Waals surface area contributed by atoms with Crippen LogP contribution in [0.4, 0.5) is 0 Å². The van der Waals surface area contributed by atoms with Crippen LogP contribution in [-0.2, 0) is 0 Å². The molecule has 0 amide bonds. The van der Waals surface area contributed by atoms with Crippen LogP contribution in [0.1, 0.15) is 21.5 Å². The molecule has 0 saturated carbocycles. The highest BCUT2D eigenvalue weighted by Crippen LogP contribution is 2.39. The number of fused-ring (bicyclic) bond motifs is 1. The monoisotopic (exact) mass is 291 g/mol. The van der Waals surface area contributed by atoms with Crippen LogP contribution in [0.15, 0.2) is 48.2 Å². The van der Waals surface area contributed by atoms with Crippen molar-refractivity contribution in [3.8, 4) is 17.6 Å². The van der Waals surface area contributed by atoms with E-state index >= 15 is 0 Å². The van der Waals surface area contributed by atoms with Gasteiger partial charge in [-0.15, -0.1) is 0 Å². The molecule has 0 aliphatic carbocycles. The first kappa shape index (κ1) is 13.9. The number of hydrogen-bond acceptors (Lipinski definition) is 4. The highest BCUT2D eigenvalue weighted by molar-refractivity contribution is 6.14. The Kier molecular flexibility index (Phi) is 3.63. The van der Waals surface area contributed by atoms with Gasteiger partial charge in [0.25, 0.3) is 0 Å². The van der Waals surface area contributed by atoms with Crippen molar-refractivity contribution in [2.75, 3.05) is 6.61 Å². The second kappa shape index (κ2) is 5.74. The molecule has 2 aromatic rings.